The van der Waals surface area contributed by atoms with Crippen molar-refractivity contribution in [3.05, 3.63) is 34.9 Å². The van der Waals surface area contributed by atoms with Gasteiger partial charge in [-0.05, 0) is 50.8 Å². The third-order valence-corrected chi connectivity index (χ3v) is 3.76. The largest absolute Gasteiger partial charge is 0.444 e. The van der Waals surface area contributed by atoms with E-state index in [2.05, 4.69) is 0 Å². The topological polar surface area (TPSA) is 46.6 Å². The summed E-state index contributed by atoms with van der Waals surface area (Å²) in [6.07, 6.45) is 1.85. The number of aldehydes is 1. The Hall–Kier alpha value is -1.84. The number of ether oxygens (including phenoxy) is 1. The van der Waals surface area contributed by atoms with Crippen LogP contribution in [0.1, 0.15) is 50.4 Å². The Labute approximate surface area is 126 Å². The van der Waals surface area contributed by atoms with Crippen molar-refractivity contribution in [2.75, 3.05) is 6.54 Å². The molecule has 0 spiro atoms. The second-order valence-corrected chi connectivity index (χ2v) is 6.46. The molecule has 1 aliphatic rings. The molecule has 1 unspecified atom stereocenters. The van der Waals surface area contributed by atoms with E-state index in [4.69, 9.17) is 4.74 Å². The number of nitrogens with zero attached hydrogens (tertiary/aromatic N) is 1. The molecule has 114 valence electrons. The number of carbonyl (C=O) groups excluding carboxylic acids is 2. The number of hydrogen-bond acceptors (Lipinski definition) is 3. The van der Waals surface area contributed by atoms with Crippen LogP contribution in [0.2, 0.25) is 0 Å². The zero-order valence-corrected chi connectivity index (χ0v) is 13.2. The van der Waals surface area contributed by atoms with E-state index >= 15 is 0 Å². The highest BCUT2D eigenvalue weighted by Crippen LogP contribution is 2.32. The molecule has 0 aromatic heterocycles. The van der Waals surface area contributed by atoms with Gasteiger partial charge >= 0.3 is 6.09 Å². The van der Waals surface area contributed by atoms with Gasteiger partial charge < -0.3 is 14.4 Å². The molecule has 0 radical (unpaired) electrons. The van der Waals surface area contributed by atoms with Crippen LogP contribution >= 0.6 is 0 Å². The molecule has 1 atom stereocenters. The fraction of sp³-hybridized carbons (Fsp3) is 0.529. The predicted molar refractivity (Wildman–Crippen MR) is 81.3 cm³/mol. The maximum Gasteiger partial charge on any atom is 0.410 e. The van der Waals surface area contributed by atoms with Crippen LogP contribution in [0, 0.1) is 0 Å². The van der Waals surface area contributed by atoms with Gasteiger partial charge in [-0.2, -0.15) is 0 Å². The molecule has 0 fully saturated rings. The predicted octanol–water partition coefficient (Wildman–Crippen LogP) is 3.28. The average molecular weight is 289 g/mol. The number of fused-ring (bicyclic) bond motifs is 1. The summed E-state index contributed by atoms with van der Waals surface area (Å²) in [6, 6.07) is 5.94. The van der Waals surface area contributed by atoms with E-state index < -0.39 is 5.60 Å². The van der Waals surface area contributed by atoms with Gasteiger partial charge in [-0.1, -0.05) is 18.2 Å². The molecule has 1 aromatic carbocycles. The van der Waals surface area contributed by atoms with Gasteiger partial charge in [-0.3, -0.25) is 0 Å². The van der Waals surface area contributed by atoms with Gasteiger partial charge in [-0.15, -0.1) is 0 Å². The minimum absolute atomic E-state index is 0.0322. The molecular weight excluding hydrogens is 266 g/mol. The van der Waals surface area contributed by atoms with Gasteiger partial charge in [0.15, 0.2) is 0 Å². The van der Waals surface area contributed by atoms with E-state index in [9.17, 15) is 9.59 Å². The lowest BCUT2D eigenvalue weighted by molar-refractivity contribution is -0.107. The molecule has 21 heavy (non-hydrogen) atoms. The van der Waals surface area contributed by atoms with Crippen LogP contribution in [0.15, 0.2) is 18.2 Å². The average Bonchev–Trinajstić information content (AvgIpc) is 2.38. The monoisotopic (exact) mass is 289 g/mol. The Morgan fingerprint density at radius 1 is 1.43 bits per heavy atom. The van der Waals surface area contributed by atoms with Crippen molar-refractivity contribution in [3.63, 3.8) is 0 Å². The van der Waals surface area contributed by atoms with E-state index in [1.165, 1.54) is 5.56 Å². The van der Waals surface area contributed by atoms with Crippen LogP contribution in [-0.4, -0.2) is 29.4 Å². The Morgan fingerprint density at radius 3 is 2.76 bits per heavy atom. The van der Waals surface area contributed by atoms with Crippen molar-refractivity contribution in [2.45, 2.75) is 52.2 Å². The summed E-state index contributed by atoms with van der Waals surface area (Å²) in [5.41, 5.74) is 2.90. The zero-order valence-electron chi connectivity index (χ0n) is 13.2. The van der Waals surface area contributed by atoms with Gasteiger partial charge in [0.1, 0.15) is 11.9 Å². The first kappa shape index (κ1) is 15.5. The number of amides is 1. The number of rotatable bonds is 2. The summed E-state index contributed by atoms with van der Waals surface area (Å²) in [4.78, 5) is 24.8. The third-order valence-electron chi connectivity index (χ3n) is 3.76. The van der Waals surface area contributed by atoms with Crippen LogP contribution in [-0.2, 0) is 22.4 Å². The van der Waals surface area contributed by atoms with E-state index in [0.29, 0.717) is 13.0 Å². The smallest absolute Gasteiger partial charge is 0.410 e. The molecule has 1 amide bonds. The van der Waals surface area contributed by atoms with Gasteiger partial charge in [-0.25, -0.2) is 4.79 Å². The van der Waals surface area contributed by atoms with Crippen molar-refractivity contribution in [1.82, 2.24) is 4.90 Å². The second kappa shape index (κ2) is 5.88. The highest BCUT2D eigenvalue weighted by Gasteiger charge is 2.31. The summed E-state index contributed by atoms with van der Waals surface area (Å²) >= 11 is 0. The molecule has 0 saturated carbocycles. The van der Waals surface area contributed by atoms with E-state index in [1.807, 2.05) is 45.9 Å². The van der Waals surface area contributed by atoms with Crippen molar-refractivity contribution >= 4 is 12.4 Å². The lowest BCUT2D eigenvalue weighted by Crippen LogP contribution is -2.42. The minimum atomic E-state index is -0.490. The van der Waals surface area contributed by atoms with Gasteiger partial charge in [0.2, 0.25) is 0 Å². The molecule has 1 aliphatic heterocycles. The highest BCUT2D eigenvalue weighted by molar-refractivity contribution is 5.70. The number of hydrogen-bond donors (Lipinski definition) is 0. The van der Waals surface area contributed by atoms with Crippen LogP contribution in [0.25, 0.3) is 0 Å². The quantitative estimate of drug-likeness (QED) is 0.785. The normalized spacial score (nSPS) is 18.1. The summed E-state index contributed by atoms with van der Waals surface area (Å²) in [5, 5.41) is 0. The molecule has 0 N–H and O–H groups in total. The lowest BCUT2D eigenvalue weighted by Gasteiger charge is -2.37. The Bertz CT molecular complexity index is 545. The summed E-state index contributed by atoms with van der Waals surface area (Å²) in [6.45, 7) is 8.24. The molecule has 1 aromatic rings. The van der Waals surface area contributed by atoms with Crippen LogP contribution in [0.4, 0.5) is 4.79 Å². The molecule has 2 rings (SSSR count). The van der Waals surface area contributed by atoms with Crippen molar-refractivity contribution < 1.29 is 14.3 Å². The molecule has 0 bridgehead atoms. The molecule has 1 heterocycles. The standard InChI is InChI=1S/C17H23NO3/c1-12-14-7-5-6-13(9-11-19)15(14)8-10-18(12)16(20)21-17(2,3)4/h5-7,11-12H,8-10H2,1-4H3. The van der Waals surface area contributed by atoms with Crippen molar-refractivity contribution in [2.24, 2.45) is 0 Å². The Balaban J connectivity index is 2.25. The highest BCUT2D eigenvalue weighted by atomic mass is 16.6. The van der Waals surface area contributed by atoms with Gasteiger partial charge in [0.25, 0.3) is 0 Å². The Kier molecular flexibility index (Phi) is 4.35. The first-order valence-electron chi connectivity index (χ1n) is 7.37. The molecule has 0 saturated heterocycles. The second-order valence-electron chi connectivity index (χ2n) is 6.46. The van der Waals surface area contributed by atoms with Crippen LogP contribution in [0.3, 0.4) is 0 Å². The fourth-order valence-electron chi connectivity index (χ4n) is 2.80. The van der Waals surface area contributed by atoms with Crippen molar-refractivity contribution in [1.29, 1.82) is 0 Å². The van der Waals surface area contributed by atoms with E-state index in [0.717, 1.165) is 23.8 Å². The first-order chi connectivity index (χ1) is 9.83. The SMILES string of the molecule is CC1c2cccc(CC=O)c2CCN1C(=O)OC(C)(C)C. The summed E-state index contributed by atoms with van der Waals surface area (Å²) in [7, 11) is 0. The van der Waals surface area contributed by atoms with E-state index in [-0.39, 0.29) is 12.1 Å². The minimum Gasteiger partial charge on any atom is -0.444 e. The van der Waals surface area contributed by atoms with Gasteiger partial charge in [0.05, 0.1) is 6.04 Å². The molecule has 4 nitrogen and oxygen atoms in total. The third kappa shape index (κ3) is 3.43. The Morgan fingerprint density at radius 2 is 2.14 bits per heavy atom. The fourth-order valence-corrected chi connectivity index (χ4v) is 2.80. The molecule has 0 aliphatic carbocycles. The summed E-state index contributed by atoms with van der Waals surface area (Å²) < 4.78 is 5.47. The number of carbonyl (C=O) groups is 2. The van der Waals surface area contributed by atoms with Crippen LogP contribution < -0.4 is 0 Å². The zero-order chi connectivity index (χ0) is 15.6. The maximum atomic E-state index is 12.3. The lowest BCUT2D eigenvalue weighted by atomic mass is 9.89. The molecule has 4 heteroatoms. The van der Waals surface area contributed by atoms with Crippen molar-refractivity contribution in [3.8, 4) is 0 Å². The summed E-state index contributed by atoms with van der Waals surface area (Å²) in [5.74, 6) is 0. The first-order valence-corrected chi connectivity index (χ1v) is 7.37. The molecular formula is C17H23NO3. The van der Waals surface area contributed by atoms with Gasteiger partial charge in [0, 0.05) is 13.0 Å². The van der Waals surface area contributed by atoms with E-state index in [1.54, 1.807) is 4.90 Å². The maximum absolute atomic E-state index is 12.3. The number of benzene rings is 1. The van der Waals surface area contributed by atoms with Crippen LogP contribution in [0.5, 0.6) is 0 Å².